The fourth-order valence-corrected chi connectivity index (χ4v) is 3.96. The van der Waals surface area contributed by atoms with Crippen molar-refractivity contribution in [3.8, 4) is 0 Å². The first-order valence-corrected chi connectivity index (χ1v) is 7.29. The van der Waals surface area contributed by atoms with Crippen molar-refractivity contribution >= 4 is 0 Å². The van der Waals surface area contributed by atoms with Crippen LogP contribution >= 0.6 is 0 Å². The standard InChI is InChI=1S/C14H25N5/c1-17-9-6-16-13(17)10-18(2)14(11-15)5-8-19-7-3-4-12(14)19/h6,9,12H,3-5,7-8,10-11,15H2,1-2H3. The molecule has 0 aromatic carbocycles. The van der Waals surface area contributed by atoms with E-state index in [1.54, 1.807) is 0 Å². The maximum Gasteiger partial charge on any atom is 0.122 e. The predicted octanol–water partition coefficient (Wildman–Crippen LogP) is 0.418. The molecule has 5 heteroatoms. The number of fused-ring (bicyclic) bond motifs is 1. The molecule has 2 atom stereocenters. The van der Waals surface area contributed by atoms with E-state index in [9.17, 15) is 0 Å². The summed E-state index contributed by atoms with van der Waals surface area (Å²) in [6, 6.07) is 0.641. The molecule has 19 heavy (non-hydrogen) atoms. The fraction of sp³-hybridized carbons (Fsp3) is 0.786. The first-order valence-electron chi connectivity index (χ1n) is 7.29. The second-order valence-corrected chi connectivity index (χ2v) is 6.06. The van der Waals surface area contributed by atoms with Crippen molar-refractivity contribution in [2.24, 2.45) is 12.8 Å². The summed E-state index contributed by atoms with van der Waals surface area (Å²) in [5.74, 6) is 1.12. The van der Waals surface area contributed by atoms with E-state index in [1.807, 2.05) is 12.4 Å². The molecule has 0 spiro atoms. The first kappa shape index (κ1) is 13.1. The highest BCUT2D eigenvalue weighted by Gasteiger charge is 2.50. The zero-order chi connectivity index (χ0) is 13.5. The van der Waals surface area contributed by atoms with E-state index in [2.05, 4.69) is 33.4 Å². The smallest absolute Gasteiger partial charge is 0.122 e. The summed E-state index contributed by atoms with van der Waals surface area (Å²) in [4.78, 5) is 9.52. The van der Waals surface area contributed by atoms with Gasteiger partial charge in [-0.2, -0.15) is 0 Å². The van der Waals surface area contributed by atoms with Crippen LogP contribution in [0.4, 0.5) is 0 Å². The van der Waals surface area contributed by atoms with Crippen LogP contribution in [-0.2, 0) is 13.6 Å². The van der Waals surface area contributed by atoms with Crippen LogP contribution < -0.4 is 5.73 Å². The van der Waals surface area contributed by atoms with E-state index in [0.717, 1.165) is 18.9 Å². The van der Waals surface area contributed by atoms with Crippen LogP contribution in [0, 0.1) is 0 Å². The van der Waals surface area contributed by atoms with Crippen LogP contribution in [0.2, 0.25) is 0 Å². The zero-order valence-corrected chi connectivity index (χ0v) is 12.0. The van der Waals surface area contributed by atoms with Crippen molar-refractivity contribution in [1.29, 1.82) is 0 Å². The monoisotopic (exact) mass is 263 g/mol. The SMILES string of the molecule is CN(Cc1nccn1C)C1(CN)CCN2CCCC21. The number of likely N-dealkylation sites (N-methyl/N-ethyl adjacent to an activating group) is 1. The van der Waals surface area contributed by atoms with Crippen molar-refractivity contribution in [3.63, 3.8) is 0 Å². The average molecular weight is 263 g/mol. The Hall–Kier alpha value is -0.910. The van der Waals surface area contributed by atoms with Gasteiger partial charge in [0.2, 0.25) is 0 Å². The lowest BCUT2D eigenvalue weighted by Gasteiger charge is -2.42. The third-order valence-corrected chi connectivity index (χ3v) is 5.23. The summed E-state index contributed by atoms with van der Waals surface area (Å²) in [7, 11) is 4.27. The molecule has 2 aliphatic rings. The molecule has 0 bridgehead atoms. The Morgan fingerprint density at radius 1 is 1.53 bits per heavy atom. The molecule has 0 aliphatic carbocycles. The van der Waals surface area contributed by atoms with E-state index in [1.165, 1.54) is 32.4 Å². The summed E-state index contributed by atoms with van der Waals surface area (Å²) in [5.41, 5.74) is 6.34. The Balaban J connectivity index is 1.80. The molecule has 106 valence electrons. The number of aryl methyl sites for hydroxylation is 1. The Labute approximate surface area is 115 Å². The van der Waals surface area contributed by atoms with Gasteiger partial charge in [0.1, 0.15) is 5.82 Å². The lowest BCUT2D eigenvalue weighted by atomic mass is 9.87. The minimum Gasteiger partial charge on any atom is -0.337 e. The van der Waals surface area contributed by atoms with Crippen LogP contribution in [0.15, 0.2) is 12.4 Å². The van der Waals surface area contributed by atoms with Gasteiger partial charge in [-0.15, -0.1) is 0 Å². The van der Waals surface area contributed by atoms with Crippen LogP contribution in [-0.4, -0.2) is 57.6 Å². The number of hydrogen-bond acceptors (Lipinski definition) is 4. The van der Waals surface area contributed by atoms with Crippen molar-refractivity contribution < 1.29 is 0 Å². The molecule has 2 fully saturated rings. The van der Waals surface area contributed by atoms with Gasteiger partial charge in [-0.1, -0.05) is 0 Å². The molecule has 0 radical (unpaired) electrons. The molecule has 1 aromatic rings. The van der Waals surface area contributed by atoms with Crippen molar-refractivity contribution in [2.75, 3.05) is 26.7 Å². The lowest BCUT2D eigenvalue weighted by molar-refractivity contribution is 0.0810. The van der Waals surface area contributed by atoms with Crippen LogP contribution in [0.1, 0.15) is 25.1 Å². The maximum atomic E-state index is 6.20. The van der Waals surface area contributed by atoms with E-state index >= 15 is 0 Å². The number of nitrogens with two attached hydrogens (primary N) is 1. The lowest BCUT2D eigenvalue weighted by Crippen LogP contribution is -2.58. The van der Waals surface area contributed by atoms with Crippen LogP contribution in [0.3, 0.4) is 0 Å². The second-order valence-electron chi connectivity index (χ2n) is 6.06. The van der Waals surface area contributed by atoms with Gasteiger partial charge in [-0.3, -0.25) is 9.80 Å². The number of rotatable bonds is 4. The fourth-order valence-electron chi connectivity index (χ4n) is 3.96. The Morgan fingerprint density at radius 2 is 2.37 bits per heavy atom. The number of aromatic nitrogens is 2. The third-order valence-electron chi connectivity index (χ3n) is 5.23. The van der Waals surface area contributed by atoms with Gasteiger partial charge in [0.05, 0.1) is 12.1 Å². The Bertz CT molecular complexity index is 443. The minimum atomic E-state index is 0.141. The van der Waals surface area contributed by atoms with Gasteiger partial charge in [-0.05, 0) is 32.9 Å². The summed E-state index contributed by atoms with van der Waals surface area (Å²) in [6.07, 6.45) is 7.68. The summed E-state index contributed by atoms with van der Waals surface area (Å²) in [5, 5.41) is 0. The van der Waals surface area contributed by atoms with E-state index in [-0.39, 0.29) is 5.54 Å². The molecular formula is C14H25N5. The topological polar surface area (TPSA) is 50.3 Å². The van der Waals surface area contributed by atoms with Crippen molar-refractivity contribution in [2.45, 2.75) is 37.4 Å². The van der Waals surface area contributed by atoms with Gasteiger partial charge < -0.3 is 10.3 Å². The minimum absolute atomic E-state index is 0.141. The normalized spacial score (nSPS) is 31.3. The first-order chi connectivity index (χ1) is 9.17. The molecule has 3 heterocycles. The largest absolute Gasteiger partial charge is 0.337 e. The average Bonchev–Trinajstić information content (AvgIpc) is 3.07. The number of hydrogen-bond donors (Lipinski definition) is 1. The second kappa shape index (κ2) is 4.89. The van der Waals surface area contributed by atoms with Crippen LogP contribution in [0.5, 0.6) is 0 Å². The van der Waals surface area contributed by atoms with Gasteiger partial charge in [0.25, 0.3) is 0 Å². The predicted molar refractivity (Wildman–Crippen MR) is 75.7 cm³/mol. The maximum absolute atomic E-state index is 6.20. The zero-order valence-electron chi connectivity index (χ0n) is 12.0. The molecule has 2 saturated heterocycles. The van der Waals surface area contributed by atoms with Crippen molar-refractivity contribution in [1.82, 2.24) is 19.4 Å². The highest BCUT2D eigenvalue weighted by molar-refractivity contribution is 5.10. The molecule has 2 unspecified atom stereocenters. The van der Waals surface area contributed by atoms with E-state index in [4.69, 9.17) is 5.73 Å². The quantitative estimate of drug-likeness (QED) is 0.855. The van der Waals surface area contributed by atoms with Crippen LogP contribution in [0.25, 0.3) is 0 Å². The molecule has 0 amide bonds. The summed E-state index contributed by atoms with van der Waals surface area (Å²) >= 11 is 0. The molecule has 0 saturated carbocycles. The third kappa shape index (κ3) is 2.00. The Kier molecular flexibility index (Phi) is 3.37. The highest BCUT2D eigenvalue weighted by atomic mass is 15.3. The van der Waals surface area contributed by atoms with E-state index in [0.29, 0.717) is 6.04 Å². The summed E-state index contributed by atoms with van der Waals surface area (Å²) in [6.45, 7) is 4.08. The molecule has 2 N–H and O–H groups in total. The number of nitrogens with zero attached hydrogens (tertiary/aromatic N) is 4. The highest BCUT2D eigenvalue weighted by Crippen LogP contribution is 2.39. The summed E-state index contributed by atoms with van der Waals surface area (Å²) < 4.78 is 2.10. The Morgan fingerprint density at radius 3 is 3.05 bits per heavy atom. The molecule has 2 aliphatic heterocycles. The molecule has 3 rings (SSSR count). The molecular weight excluding hydrogens is 238 g/mol. The number of imidazole rings is 1. The van der Waals surface area contributed by atoms with Gasteiger partial charge >= 0.3 is 0 Å². The van der Waals surface area contributed by atoms with Crippen molar-refractivity contribution in [3.05, 3.63) is 18.2 Å². The molecule has 5 nitrogen and oxygen atoms in total. The van der Waals surface area contributed by atoms with Gasteiger partial charge in [0.15, 0.2) is 0 Å². The van der Waals surface area contributed by atoms with Gasteiger partial charge in [0, 0.05) is 38.6 Å². The van der Waals surface area contributed by atoms with E-state index < -0.39 is 0 Å². The van der Waals surface area contributed by atoms with Gasteiger partial charge in [-0.25, -0.2) is 4.98 Å². The molecule has 1 aromatic heterocycles.